The van der Waals surface area contributed by atoms with Crippen molar-refractivity contribution in [3.63, 3.8) is 0 Å². The van der Waals surface area contributed by atoms with Crippen LogP contribution in [0.2, 0.25) is 10.0 Å². The van der Waals surface area contributed by atoms with Crippen molar-refractivity contribution in [1.82, 2.24) is 10.2 Å². The van der Waals surface area contributed by atoms with Crippen molar-refractivity contribution in [3.8, 4) is 34.4 Å². The number of fused-ring (bicyclic) bond motifs is 2. The van der Waals surface area contributed by atoms with Gasteiger partial charge in [-0.2, -0.15) is 5.26 Å². The molecule has 6 aromatic rings. The molecule has 0 saturated heterocycles. The lowest BCUT2D eigenvalue weighted by atomic mass is 9.91. The maximum atomic E-state index is 14.1. The number of hydrogen-bond acceptors (Lipinski definition) is 7. The molecule has 0 bridgehead atoms. The van der Waals surface area contributed by atoms with E-state index in [0.717, 1.165) is 33.4 Å². The largest absolute Gasteiger partial charge is 0.489 e. The number of aliphatic carboxylic acids is 1. The van der Waals surface area contributed by atoms with Crippen LogP contribution in [-0.2, 0) is 35.6 Å². The van der Waals surface area contributed by atoms with E-state index < -0.39 is 30.1 Å². The van der Waals surface area contributed by atoms with Crippen molar-refractivity contribution in [1.29, 1.82) is 5.26 Å². The number of halogens is 2. The van der Waals surface area contributed by atoms with Crippen LogP contribution in [0.4, 0.5) is 0 Å². The number of carboxylic acids is 1. The molecule has 300 valence electrons. The summed E-state index contributed by atoms with van der Waals surface area (Å²) in [5.41, 5.74) is 6.83. The number of carbonyl (C=O) groups is 3. The summed E-state index contributed by atoms with van der Waals surface area (Å²) in [6, 6.07) is 39.7. The van der Waals surface area contributed by atoms with Gasteiger partial charge in [0.15, 0.2) is 17.6 Å². The van der Waals surface area contributed by atoms with Crippen molar-refractivity contribution >= 4 is 41.0 Å². The summed E-state index contributed by atoms with van der Waals surface area (Å²) in [6.45, 7) is 0.649. The van der Waals surface area contributed by atoms with Crippen molar-refractivity contribution in [2.24, 2.45) is 0 Å². The fourth-order valence-electron chi connectivity index (χ4n) is 7.36. The Kier molecular flexibility index (Phi) is 11.7. The van der Waals surface area contributed by atoms with Gasteiger partial charge in [-0.1, -0.05) is 96.0 Å². The number of nitrogens with zero attached hydrogens (tertiary/aromatic N) is 2. The molecule has 6 aromatic carbocycles. The number of carbonyl (C=O) groups excluding carboxylic acids is 2. The van der Waals surface area contributed by atoms with E-state index in [4.69, 9.17) is 42.7 Å². The first-order chi connectivity index (χ1) is 29.1. The second-order valence-corrected chi connectivity index (χ2v) is 15.4. The topological polar surface area (TPSA) is 138 Å². The minimum Gasteiger partial charge on any atom is -0.489 e. The number of benzene rings is 6. The predicted molar refractivity (Wildman–Crippen MR) is 226 cm³/mol. The van der Waals surface area contributed by atoms with Crippen LogP contribution >= 0.6 is 23.2 Å². The van der Waals surface area contributed by atoms with Gasteiger partial charge in [-0.15, -0.1) is 0 Å². The number of ether oxygens (including phenoxy) is 3. The van der Waals surface area contributed by atoms with Gasteiger partial charge < -0.3 is 29.5 Å². The molecule has 60 heavy (non-hydrogen) atoms. The molecular formula is C48H37Cl2N3O7. The third-order valence-corrected chi connectivity index (χ3v) is 11.4. The van der Waals surface area contributed by atoms with Gasteiger partial charge in [0.05, 0.1) is 21.7 Å². The van der Waals surface area contributed by atoms with Gasteiger partial charge >= 0.3 is 5.97 Å². The molecule has 3 unspecified atom stereocenters. The number of hydrogen-bond donors (Lipinski definition) is 2. The Balaban J connectivity index is 0.974. The molecule has 0 radical (unpaired) electrons. The number of rotatable bonds is 11. The summed E-state index contributed by atoms with van der Waals surface area (Å²) in [6.07, 6.45) is -0.252. The Hall–Kier alpha value is -6.80. The number of nitrogens with one attached hydrogen (secondary N) is 1. The molecule has 0 saturated carbocycles. The summed E-state index contributed by atoms with van der Waals surface area (Å²) in [5.74, 6) is -0.442. The van der Waals surface area contributed by atoms with Crippen molar-refractivity contribution in [3.05, 3.63) is 182 Å². The maximum Gasteiger partial charge on any atom is 0.326 e. The minimum atomic E-state index is -1.26. The lowest BCUT2D eigenvalue weighted by Crippen LogP contribution is -2.56. The highest BCUT2D eigenvalue weighted by Crippen LogP contribution is 2.41. The van der Waals surface area contributed by atoms with Crippen LogP contribution in [0.3, 0.4) is 0 Å². The van der Waals surface area contributed by atoms with Gasteiger partial charge in [-0.3, -0.25) is 9.59 Å². The van der Waals surface area contributed by atoms with Gasteiger partial charge in [0.25, 0.3) is 5.91 Å². The fraction of sp³-hybridized carbons (Fsp3) is 0.167. The molecule has 8 rings (SSSR count). The van der Waals surface area contributed by atoms with E-state index in [1.54, 1.807) is 54.6 Å². The van der Waals surface area contributed by atoms with Crippen LogP contribution in [-0.4, -0.2) is 46.5 Å². The molecule has 3 atom stereocenters. The van der Waals surface area contributed by atoms with Crippen LogP contribution in [0.1, 0.15) is 49.8 Å². The molecule has 2 heterocycles. The predicted octanol–water partition coefficient (Wildman–Crippen LogP) is 9.00. The first kappa shape index (κ1) is 40.0. The van der Waals surface area contributed by atoms with E-state index in [9.17, 15) is 19.5 Å². The van der Waals surface area contributed by atoms with Crippen LogP contribution in [0.5, 0.6) is 17.2 Å². The summed E-state index contributed by atoms with van der Waals surface area (Å²) in [7, 11) is 0. The van der Waals surface area contributed by atoms with Crippen LogP contribution in [0.15, 0.2) is 133 Å². The quantitative estimate of drug-likeness (QED) is 0.132. The van der Waals surface area contributed by atoms with Crippen LogP contribution < -0.4 is 19.5 Å². The Morgan fingerprint density at radius 1 is 0.817 bits per heavy atom. The van der Waals surface area contributed by atoms with Gasteiger partial charge in [0, 0.05) is 24.9 Å². The van der Waals surface area contributed by atoms with Gasteiger partial charge in [0.1, 0.15) is 31.0 Å². The smallest absolute Gasteiger partial charge is 0.326 e. The summed E-state index contributed by atoms with van der Waals surface area (Å²) in [4.78, 5) is 42.2. The Bertz CT molecular complexity index is 2600. The second kappa shape index (κ2) is 17.6. The van der Waals surface area contributed by atoms with Gasteiger partial charge in [-0.25, -0.2) is 4.79 Å². The van der Waals surface area contributed by atoms with E-state index in [2.05, 4.69) is 11.4 Å². The molecule has 12 heteroatoms. The molecule has 0 aliphatic carbocycles. The van der Waals surface area contributed by atoms with E-state index >= 15 is 0 Å². The third kappa shape index (κ3) is 8.93. The van der Waals surface area contributed by atoms with Crippen molar-refractivity contribution in [2.45, 2.75) is 44.2 Å². The second-order valence-electron chi connectivity index (χ2n) is 14.6. The summed E-state index contributed by atoms with van der Waals surface area (Å²) >= 11 is 12.2. The molecule has 2 aliphatic heterocycles. The summed E-state index contributed by atoms with van der Waals surface area (Å²) < 4.78 is 18.6. The molecule has 0 fully saturated rings. The molecule has 2 N–H and O–H groups in total. The van der Waals surface area contributed by atoms with Gasteiger partial charge in [-0.05, 0) is 99.6 Å². The molecular weight excluding hydrogens is 801 g/mol. The molecule has 0 spiro atoms. The SMILES string of the molecule is N#Cc1ccc(-c2ccc(CC(NC(=O)C3Cc4cc5c(cc4CN3C(=O)c3ccccc3)OC(c3ccc(OCc4ccc(Cl)c(Cl)c4)cc3)CO5)C(=O)O)cc2)cc1. The number of nitriles is 1. The monoisotopic (exact) mass is 837 g/mol. The fourth-order valence-corrected chi connectivity index (χ4v) is 7.68. The molecule has 0 aromatic heterocycles. The third-order valence-electron chi connectivity index (χ3n) is 10.6. The zero-order chi connectivity index (χ0) is 41.8. The standard InChI is InChI=1S/C48H37Cl2N3O7/c49-39-19-10-31(20-40(39)50)27-58-38-17-15-34(16-18-38)45-28-59-43-23-36-22-42(53(26-37(36)24-44(43)60-45)47(55)35-4-2-1-3-5-35)46(54)52-41(48(56)57)21-29-6-11-32(12-7-29)33-13-8-30(25-51)9-14-33/h1-20,23-24,41-42,45H,21-22,26-28H2,(H,52,54)(H,56,57). The van der Waals surface area contributed by atoms with Crippen molar-refractivity contribution < 1.29 is 33.7 Å². The molecule has 10 nitrogen and oxygen atoms in total. The highest BCUT2D eigenvalue weighted by atomic mass is 35.5. The van der Waals surface area contributed by atoms with E-state index in [-0.39, 0.29) is 31.9 Å². The number of carboxylic acid groups (broad SMARTS) is 1. The molecule has 2 aliphatic rings. The van der Waals surface area contributed by atoms with Gasteiger partial charge in [0.2, 0.25) is 5.91 Å². The lowest BCUT2D eigenvalue weighted by Gasteiger charge is -2.37. The first-order valence-electron chi connectivity index (χ1n) is 19.2. The van der Waals surface area contributed by atoms with Crippen LogP contribution in [0.25, 0.3) is 11.1 Å². The minimum absolute atomic E-state index is 0.0268. The average molecular weight is 839 g/mol. The first-order valence-corrected chi connectivity index (χ1v) is 20.0. The maximum absolute atomic E-state index is 14.1. The lowest BCUT2D eigenvalue weighted by molar-refractivity contribution is -0.142. The van der Waals surface area contributed by atoms with E-state index in [1.807, 2.05) is 78.9 Å². The highest BCUT2D eigenvalue weighted by molar-refractivity contribution is 6.42. The molecule has 2 amide bonds. The normalized spacial score (nSPS) is 15.8. The Morgan fingerprint density at radius 3 is 2.18 bits per heavy atom. The average Bonchev–Trinajstić information content (AvgIpc) is 3.28. The Labute approximate surface area is 356 Å². The van der Waals surface area contributed by atoms with Crippen LogP contribution in [0, 0.1) is 11.3 Å². The highest BCUT2D eigenvalue weighted by Gasteiger charge is 2.38. The summed E-state index contributed by atoms with van der Waals surface area (Å²) in [5, 5.41) is 23.0. The zero-order valence-corrected chi connectivity index (χ0v) is 33.5. The Morgan fingerprint density at radius 2 is 1.50 bits per heavy atom. The zero-order valence-electron chi connectivity index (χ0n) is 32.0. The van der Waals surface area contributed by atoms with Crippen molar-refractivity contribution in [2.75, 3.05) is 6.61 Å². The van der Waals surface area contributed by atoms with E-state index in [1.165, 1.54) is 4.90 Å². The number of amides is 2. The van der Waals surface area contributed by atoms with E-state index in [0.29, 0.717) is 50.6 Å².